The Morgan fingerprint density at radius 1 is 1.19 bits per heavy atom. The first kappa shape index (κ1) is 19.1. The summed E-state index contributed by atoms with van der Waals surface area (Å²) in [5, 5.41) is 30.4. The van der Waals surface area contributed by atoms with Crippen molar-refractivity contribution in [3.63, 3.8) is 0 Å². The van der Waals surface area contributed by atoms with Crippen LogP contribution in [0.4, 0.5) is 5.69 Å². The molecule has 0 fully saturated rings. The molecule has 2 aromatic carbocycles. The van der Waals surface area contributed by atoms with Crippen molar-refractivity contribution in [1.82, 2.24) is 0 Å². The second-order valence-corrected chi connectivity index (χ2v) is 6.04. The number of ether oxygens (including phenoxy) is 1. The first-order valence-corrected chi connectivity index (χ1v) is 8.00. The number of nitrogens with zero attached hydrogens (tertiary/aromatic N) is 1. The molecular weight excluding hydrogens is 334 g/mol. The number of hydrogen-bond acceptors (Lipinski definition) is 5. The van der Waals surface area contributed by atoms with Gasteiger partial charge in [-0.1, -0.05) is 29.9 Å². The van der Waals surface area contributed by atoms with E-state index in [-0.39, 0.29) is 17.2 Å². The monoisotopic (exact) mass is 355 g/mol. The molecule has 0 bridgehead atoms. The fourth-order valence-corrected chi connectivity index (χ4v) is 2.48. The van der Waals surface area contributed by atoms with Gasteiger partial charge in [0.15, 0.2) is 5.75 Å². The highest BCUT2D eigenvalue weighted by atomic mass is 16.6. The average Bonchev–Trinajstić information content (AvgIpc) is 2.58. The third kappa shape index (κ3) is 4.63. The summed E-state index contributed by atoms with van der Waals surface area (Å²) in [7, 11) is 1.54. The summed E-state index contributed by atoms with van der Waals surface area (Å²) in [6, 6.07) is 7.32. The predicted octanol–water partition coefficient (Wildman–Crippen LogP) is 4.69. The summed E-state index contributed by atoms with van der Waals surface area (Å²) >= 11 is 0. The minimum Gasteiger partial charge on any atom is -0.508 e. The lowest BCUT2D eigenvalue weighted by molar-refractivity contribution is -0.385. The summed E-state index contributed by atoms with van der Waals surface area (Å²) in [5.41, 5.74) is 3.01. The SMILES string of the molecule is COc1cc(O)cc(C=Cc2ccc(O)c([N+](=O)[O-])c2)c1CC=C(C)C. The van der Waals surface area contributed by atoms with Crippen molar-refractivity contribution < 1.29 is 19.9 Å². The molecule has 136 valence electrons. The number of phenolic OH excluding ortho intramolecular Hbond substituents is 2. The van der Waals surface area contributed by atoms with Gasteiger partial charge in [-0.3, -0.25) is 10.1 Å². The number of aromatic hydroxyl groups is 2. The molecular formula is C20H21NO5. The van der Waals surface area contributed by atoms with Crippen LogP contribution in [-0.4, -0.2) is 22.2 Å². The Morgan fingerprint density at radius 3 is 2.54 bits per heavy atom. The summed E-state index contributed by atoms with van der Waals surface area (Å²) in [6.07, 6.45) is 6.12. The molecule has 2 rings (SSSR count). The van der Waals surface area contributed by atoms with Crippen LogP contribution < -0.4 is 4.74 Å². The lowest BCUT2D eigenvalue weighted by Crippen LogP contribution is -1.95. The molecule has 26 heavy (non-hydrogen) atoms. The number of rotatable bonds is 6. The highest BCUT2D eigenvalue weighted by Crippen LogP contribution is 2.31. The molecule has 2 N–H and O–H groups in total. The normalized spacial score (nSPS) is 10.7. The van der Waals surface area contributed by atoms with Gasteiger partial charge in [-0.15, -0.1) is 0 Å². The summed E-state index contributed by atoms with van der Waals surface area (Å²) in [5.74, 6) is 0.258. The Balaban J connectivity index is 2.46. The molecule has 0 spiro atoms. The zero-order chi connectivity index (χ0) is 19.3. The minimum absolute atomic E-state index is 0.0686. The molecule has 6 nitrogen and oxygen atoms in total. The molecule has 0 radical (unpaired) electrons. The Labute approximate surface area is 151 Å². The standard InChI is InChI=1S/C20H21NO5/c1-13(2)4-8-17-15(11-16(22)12-20(17)26-3)7-5-14-6-9-19(23)18(10-14)21(24)25/h4-7,9-12,22-23H,8H2,1-3H3. The van der Waals surface area contributed by atoms with Crippen LogP contribution in [0, 0.1) is 10.1 Å². The highest BCUT2D eigenvalue weighted by Gasteiger charge is 2.13. The number of methoxy groups -OCH3 is 1. The molecule has 0 aliphatic rings. The van der Waals surface area contributed by atoms with Gasteiger partial charge in [-0.05, 0) is 43.5 Å². The van der Waals surface area contributed by atoms with E-state index in [0.29, 0.717) is 17.7 Å². The van der Waals surface area contributed by atoms with Crippen LogP contribution in [0.3, 0.4) is 0 Å². The van der Waals surface area contributed by atoms with Crippen LogP contribution >= 0.6 is 0 Å². The van der Waals surface area contributed by atoms with E-state index in [9.17, 15) is 20.3 Å². The van der Waals surface area contributed by atoms with E-state index in [2.05, 4.69) is 6.08 Å². The third-order valence-electron chi connectivity index (χ3n) is 3.81. The zero-order valence-corrected chi connectivity index (χ0v) is 14.9. The highest BCUT2D eigenvalue weighted by molar-refractivity contribution is 5.75. The maximum absolute atomic E-state index is 10.9. The summed E-state index contributed by atoms with van der Waals surface area (Å²) < 4.78 is 5.37. The molecule has 0 aromatic heterocycles. The van der Waals surface area contributed by atoms with Gasteiger partial charge >= 0.3 is 5.69 Å². The molecule has 0 aliphatic carbocycles. The quantitative estimate of drug-likeness (QED) is 0.339. The Bertz CT molecular complexity index is 880. The molecule has 0 unspecified atom stereocenters. The van der Waals surface area contributed by atoms with Crippen molar-refractivity contribution in [3.05, 3.63) is 68.8 Å². The van der Waals surface area contributed by atoms with Crippen LogP contribution in [-0.2, 0) is 6.42 Å². The molecule has 0 saturated carbocycles. The van der Waals surface area contributed by atoms with Gasteiger partial charge in [0.25, 0.3) is 0 Å². The smallest absolute Gasteiger partial charge is 0.311 e. The van der Waals surface area contributed by atoms with Crippen molar-refractivity contribution in [1.29, 1.82) is 0 Å². The van der Waals surface area contributed by atoms with Crippen LogP contribution in [0.2, 0.25) is 0 Å². The van der Waals surface area contributed by atoms with Gasteiger partial charge in [0.1, 0.15) is 11.5 Å². The van der Waals surface area contributed by atoms with Crippen molar-refractivity contribution in [2.45, 2.75) is 20.3 Å². The topological polar surface area (TPSA) is 92.8 Å². The Hall–Kier alpha value is -3.28. The van der Waals surface area contributed by atoms with Crippen LogP contribution in [0.5, 0.6) is 17.2 Å². The van der Waals surface area contributed by atoms with Crippen LogP contribution in [0.25, 0.3) is 12.2 Å². The van der Waals surface area contributed by atoms with Crippen molar-refractivity contribution in [3.8, 4) is 17.2 Å². The Kier molecular flexibility index (Phi) is 6.01. The maximum Gasteiger partial charge on any atom is 0.311 e. The molecule has 0 saturated heterocycles. The van der Waals surface area contributed by atoms with E-state index < -0.39 is 4.92 Å². The first-order chi connectivity index (χ1) is 12.3. The van der Waals surface area contributed by atoms with E-state index in [4.69, 9.17) is 4.74 Å². The molecule has 2 aromatic rings. The molecule has 0 aliphatic heterocycles. The largest absolute Gasteiger partial charge is 0.508 e. The zero-order valence-electron chi connectivity index (χ0n) is 14.9. The number of nitro benzene ring substituents is 1. The van der Waals surface area contributed by atoms with Gasteiger partial charge in [-0.2, -0.15) is 0 Å². The molecule has 0 atom stereocenters. The number of benzene rings is 2. The fourth-order valence-electron chi connectivity index (χ4n) is 2.48. The van der Waals surface area contributed by atoms with E-state index in [0.717, 1.165) is 16.7 Å². The lowest BCUT2D eigenvalue weighted by Gasteiger charge is -2.12. The maximum atomic E-state index is 10.9. The van der Waals surface area contributed by atoms with Crippen LogP contribution in [0.15, 0.2) is 42.0 Å². The van der Waals surface area contributed by atoms with Gasteiger partial charge in [0.2, 0.25) is 0 Å². The van der Waals surface area contributed by atoms with Gasteiger partial charge in [0, 0.05) is 17.7 Å². The fraction of sp³-hybridized carbons (Fsp3) is 0.200. The second kappa shape index (κ2) is 8.20. The van der Waals surface area contributed by atoms with Crippen LogP contribution in [0.1, 0.15) is 30.5 Å². The number of hydrogen-bond donors (Lipinski definition) is 2. The van der Waals surface area contributed by atoms with Crippen molar-refractivity contribution in [2.75, 3.05) is 7.11 Å². The first-order valence-electron chi connectivity index (χ1n) is 8.00. The van der Waals surface area contributed by atoms with E-state index >= 15 is 0 Å². The minimum atomic E-state index is -0.635. The number of allylic oxidation sites excluding steroid dienone is 2. The van der Waals surface area contributed by atoms with Crippen molar-refractivity contribution in [2.24, 2.45) is 0 Å². The summed E-state index contributed by atoms with van der Waals surface area (Å²) in [4.78, 5) is 10.3. The van der Waals surface area contributed by atoms with E-state index in [1.807, 2.05) is 13.8 Å². The second-order valence-electron chi connectivity index (χ2n) is 6.04. The van der Waals surface area contributed by atoms with E-state index in [1.165, 1.54) is 19.2 Å². The van der Waals surface area contributed by atoms with Crippen molar-refractivity contribution >= 4 is 17.8 Å². The molecule has 0 heterocycles. The third-order valence-corrected chi connectivity index (χ3v) is 3.81. The van der Waals surface area contributed by atoms with E-state index in [1.54, 1.807) is 30.4 Å². The number of phenols is 2. The average molecular weight is 355 g/mol. The van der Waals surface area contributed by atoms with Gasteiger partial charge < -0.3 is 14.9 Å². The molecule has 6 heteroatoms. The van der Waals surface area contributed by atoms with Gasteiger partial charge in [-0.25, -0.2) is 0 Å². The predicted molar refractivity (Wildman–Crippen MR) is 101 cm³/mol. The summed E-state index contributed by atoms with van der Waals surface area (Å²) in [6.45, 7) is 4.00. The number of nitro groups is 1. The molecule has 0 amide bonds. The lowest BCUT2D eigenvalue weighted by atomic mass is 10.00. The van der Waals surface area contributed by atoms with Gasteiger partial charge in [0.05, 0.1) is 12.0 Å². The Morgan fingerprint density at radius 2 is 1.92 bits per heavy atom.